The molecule has 0 atom stereocenters. The van der Waals surface area contributed by atoms with E-state index in [2.05, 4.69) is 36.3 Å². The summed E-state index contributed by atoms with van der Waals surface area (Å²) in [7, 11) is 0. The number of nitrogens with one attached hydrogen (secondary N) is 2. The number of carbonyl (C=O) groups is 1. The van der Waals surface area contributed by atoms with Gasteiger partial charge in [0.2, 0.25) is 0 Å². The van der Waals surface area contributed by atoms with E-state index in [4.69, 9.17) is 4.99 Å². The molecule has 1 amide bonds. The largest absolute Gasteiger partial charge is 0.301 e. The molecule has 6 heteroatoms. The summed E-state index contributed by atoms with van der Waals surface area (Å²) in [5.74, 6) is -0.0642. The van der Waals surface area contributed by atoms with E-state index in [0.29, 0.717) is 10.9 Å². The van der Waals surface area contributed by atoms with Gasteiger partial charge >= 0.3 is 0 Å². The normalized spacial score (nSPS) is 23.7. The molecule has 0 unspecified atom stereocenters. The molecule has 1 aromatic heterocycles. The molecule has 1 aliphatic carbocycles. The first-order valence-corrected chi connectivity index (χ1v) is 9.08. The van der Waals surface area contributed by atoms with Crippen molar-refractivity contribution in [3.05, 3.63) is 22.4 Å². The van der Waals surface area contributed by atoms with Crippen LogP contribution in [0.3, 0.4) is 0 Å². The Labute approximate surface area is 141 Å². The first-order valence-electron chi connectivity index (χ1n) is 8.26. The Bertz CT molecular complexity index is 648. The number of hydrogen-bond donors (Lipinski definition) is 2. The van der Waals surface area contributed by atoms with Gasteiger partial charge in [0.25, 0.3) is 5.91 Å². The van der Waals surface area contributed by atoms with E-state index in [1.54, 1.807) is 6.20 Å². The summed E-state index contributed by atoms with van der Waals surface area (Å²) in [6.45, 7) is 6.38. The van der Waals surface area contributed by atoms with Gasteiger partial charge in [-0.2, -0.15) is 5.10 Å². The van der Waals surface area contributed by atoms with Crippen LogP contribution in [-0.2, 0) is 10.2 Å². The summed E-state index contributed by atoms with van der Waals surface area (Å²) in [5.41, 5.74) is 1.96. The van der Waals surface area contributed by atoms with E-state index in [9.17, 15) is 4.79 Å². The van der Waals surface area contributed by atoms with E-state index in [-0.39, 0.29) is 11.3 Å². The van der Waals surface area contributed by atoms with E-state index >= 15 is 0 Å². The Kier molecular flexibility index (Phi) is 4.62. The maximum absolute atomic E-state index is 12.2. The fourth-order valence-electron chi connectivity index (χ4n) is 3.01. The number of carbonyl (C=O) groups excluding carboxylic acids is 1. The zero-order valence-electron chi connectivity index (χ0n) is 14.0. The second-order valence-electron chi connectivity index (χ2n) is 7.24. The Balaban J connectivity index is 1.78. The highest BCUT2D eigenvalue weighted by atomic mass is 32.2. The zero-order valence-corrected chi connectivity index (χ0v) is 14.8. The number of aromatic amines is 1. The molecule has 0 radical (unpaired) electrons. The van der Waals surface area contributed by atoms with Crippen LogP contribution >= 0.6 is 11.8 Å². The summed E-state index contributed by atoms with van der Waals surface area (Å²) in [6, 6.07) is 0.366. The molecular formula is C17H24N4OS. The average molecular weight is 332 g/mol. The molecule has 2 N–H and O–H groups in total. The van der Waals surface area contributed by atoms with Crippen molar-refractivity contribution >= 4 is 28.9 Å². The van der Waals surface area contributed by atoms with Gasteiger partial charge < -0.3 is 5.32 Å². The highest BCUT2D eigenvalue weighted by molar-refractivity contribution is 8.18. The smallest absolute Gasteiger partial charge is 0.264 e. The second kappa shape index (κ2) is 6.51. The Morgan fingerprint density at radius 2 is 2.04 bits per heavy atom. The van der Waals surface area contributed by atoms with Crippen LogP contribution in [0.15, 0.2) is 16.1 Å². The van der Waals surface area contributed by atoms with Crippen LogP contribution in [0, 0.1) is 0 Å². The molecule has 1 saturated heterocycles. The van der Waals surface area contributed by atoms with Crippen molar-refractivity contribution in [1.29, 1.82) is 0 Å². The van der Waals surface area contributed by atoms with E-state index in [1.165, 1.54) is 31.0 Å². The number of aliphatic imine (C=N–C) groups is 1. The Morgan fingerprint density at radius 1 is 1.30 bits per heavy atom. The number of thioether (sulfide) groups is 1. The third-order valence-corrected chi connectivity index (χ3v) is 5.15. The molecule has 1 aliphatic heterocycles. The molecular weight excluding hydrogens is 308 g/mol. The predicted octanol–water partition coefficient (Wildman–Crippen LogP) is 3.60. The zero-order chi connectivity index (χ0) is 16.4. The molecule has 1 saturated carbocycles. The predicted molar refractivity (Wildman–Crippen MR) is 95.3 cm³/mol. The topological polar surface area (TPSA) is 70.1 Å². The molecule has 0 bridgehead atoms. The minimum absolute atomic E-state index is 0.0400. The van der Waals surface area contributed by atoms with Crippen molar-refractivity contribution in [3.63, 3.8) is 0 Å². The first kappa shape index (κ1) is 16.3. The van der Waals surface area contributed by atoms with E-state index in [0.717, 1.165) is 29.3 Å². The van der Waals surface area contributed by atoms with Gasteiger partial charge in [0.15, 0.2) is 5.17 Å². The summed E-state index contributed by atoms with van der Waals surface area (Å²) >= 11 is 1.44. The molecule has 3 rings (SSSR count). The number of aromatic nitrogens is 2. The lowest BCUT2D eigenvalue weighted by Gasteiger charge is -2.17. The maximum atomic E-state index is 12.2. The molecule has 23 heavy (non-hydrogen) atoms. The first-order chi connectivity index (χ1) is 10.9. The SMILES string of the molecule is CC(C)(C)c1[nH]ncc1C=C1SC(=NC2CCCCC2)NC1=O. The van der Waals surface area contributed by atoms with Crippen molar-refractivity contribution in [2.75, 3.05) is 0 Å². The van der Waals surface area contributed by atoms with Crippen molar-refractivity contribution in [1.82, 2.24) is 15.5 Å². The van der Waals surface area contributed by atoms with Gasteiger partial charge in [-0.25, -0.2) is 0 Å². The minimum Gasteiger partial charge on any atom is -0.301 e. The van der Waals surface area contributed by atoms with Gasteiger partial charge in [-0.15, -0.1) is 0 Å². The standard InChI is InChI=1S/C17H24N4OS/c1-17(2,3)14-11(10-18-21-14)9-13-15(22)20-16(23-13)19-12-7-5-4-6-8-12/h9-10,12H,4-8H2,1-3H3,(H,18,21)(H,19,20,22). The third-order valence-electron chi connectivity index (χ3n) is 4.23. The van der Waals surface area contributed by atoms with Gasteiger partial charge in [-0.05, 0) is 30.7 Å². The van der Waals surface area contributed by atoms with Crippen molar-refractivity contribution in [3.8, 4) is 0 Å². The second-order valence-corrected chi connectivity index (χ2v) is 8.27. The van der Waals surface area contributed by atoms with Gasteiger partial charge in [-0.3, -0.25) is 14.9 Å². The molecule has 2 heterocycles. The molecule has 124 valence electrons. The highest BCUT2D eigenvalue weighted by Gasteiger charge is 2.27. The minimum atomic E-state index is -0.0642. The van der Waals surface area contributed by atoms with E-state index < -0.39 is 0 Å². The van der Waals surface area contributed by atoms with Crippen LogP contribution in [0.4, 0.5) is 0 Å². The lowest BCUT2D eigenvalue weighted by molar-refractivity contribution is -0.115. The monoisotopic (exact) mass is 332 g/mol. The summed E-state index contributed by atoms with van der Waals surface area (Å²) in [6.07, 6.45) is 9.75. The summed E-state index contributed by atoms with van der Waals surface area (Å²) < 4.78 is 0. The van der Waals surface area contributed by atoms with Crippen LogP contribution in [0.1, 0.15) is 64.1 Å². The molecule has 5 nitrogen and oxygen atoms in total. The lowest BCUT2D eigenvalue weighted by atomic mass is 9.89. The van der Waals surface area contributed by atoms with Gasteiger partial charge in [0.05, 0.1) is 17.1 Å². The average Bonchev–Trinajstić information content (AvgIpc) is 3.08. The fraction of sp³-hybridized carbons (Fsp3) is 0.588. The van der Waals surface area contributed by atoms with Gasteiger partial charge in [0.1, 0.15) is 0 Å². The molecule has 0 aromatic carbocycles. The fourth-order valence-corrected chi connectivity index (χ4v) is 3.89. The van der Waals surface area contributed by atoms with Gasteiger partial charge in [-0.1, -0.05) is 40.0 Å². The number of H-pyrrole nitrogens is 1. The van der Waals surface area contributed by atoms with Crippen LogP contribution < -0.4 is 5.32 Å². The summed E-state index contributed by atoms with van der Waals surface area (Å²) in [5, 5.41) is 10.8. The number of rotatable bonds is 2. The third kappa shape index (κ3) is 3.86. The number of amidine groups is 1. The van der Waals surface area contributed by atoms with Crippen LogP contribution in [-0.4, -0.2) is 27.3 Å². The molecule has 2 aliphatic rings. The molecule has 1 aromatic rings. The van der Waals surface area contributed by atoms with Crippen molar-refractivity contribution in [2.24, 2.45) is 4.99 Å². The Hall–Kier alpha value is -1.56. The quantitative estimate of drug-likeness (QED) is 0.813. The molecule has 0 spiro atoms. The molecule has 2 fully saturated rings. The van der Waals surface area contributed by atoms with E-state index in [1.807, 2.05) is 6.08 Å². The number of nitrogens with zero attached hydrogens (tertiary/aromatic N) is 2. The van der Waals surface area contributed by atoms with Crippen LogP contribution in [0.2, 0.25) is 0 Å². The lowest BCUT2D eigenvalue weighted by Crippen LogP contribution is -2.22. The number of hydrogen-bond acceptors (Lipinski definition) is 4. The van der Waals surface area contributed by atoms with Crippen molar-refractivity contribution in [2.45, 2.75) is 64.3 Å². The van der Waals surface area contributed by atoms with Gasteiger partial charge in [0, 0.05) is 16.7 Å². The van der Waals surface area contributed by atoms with Crippen LogP contribution in [0.5, 0.6) is 0 Å². The maximum Gasteiger partial charge on any atom is 0.264 e. The summed E-state index contributed by atoms with van der Waals surface area (Å²) in [4.78, 5) is 17.6. The number of amides is 1. The van der Waals surface area contributed by atoms with Crippen LogP contribution in [0.25, 0.3) is 6.08 Å². The highest BCUT2D eigenvalue weighted by Crippen LogP contribution is 2.31. The van der Waals surface area contributed by atoms with Crippen molar-refractivity contribution < 1.29 is 4.79 Å². The Morgan fingerprint density at radius 3 is 2.74 bits per heavy atom.